The number of pyridine rings is 1. The van der Waals surface area contributed by atoms with Crippen molar-refractivity contribution in [3.05, 3.63) is 94.3 Å². The Morgan fingerprint density at radius 2 is 1.74 bits per heavy atom. The number of rotatable bonds is 12. The second-order valence-electron chi connectivity index (χ2n) is 11.1. The molecule has 248 valence electrons. The Labute approximate surface area is 268 Å². The van der Waals surface area contributed by atoms with E-state index in [1.165, 1.54) is 50.3 Å². The van der Waals surface area contributed by atoms with E-state index in [2.05, 4.69) is 15.4 Å². The predicted octanol–water partition coefficient (Wildman–Crippen LogP) is 4.92. The molecule has 0 aliphatic carbocycles. The van der Waals surface area contributed by atoms with Crippen LogP contribution in [0.5, 0.6) is 5.88 Å². The van der Waals surface area contributed by atoms with Crippen LogP contribution in [0.25, 0.3) is 16.9 Å². The molecule has 3 heterocycles. The molecule has 0 saturated carbocycles. The first-order valence-corrected chi connectivity index (χ1v) is 14.7. The number of carbonyl (C=O) groups is 2. The van der Waals surface area contributed by atoms with Crippen LogP contribution in [0.1, 0.15) is 39.7 Å². The quantitative estimate of drug-likeness (QED) is 0.215. The maximum Gasteiger partial charge on any atom is 0.256 e. The molecule has 2 aromatic carbocycles. The lowest BCUT2D eigenvalue weighted by atomic mass is 9.90. The minimum absolute atomic E-state index is 0.00418. The summed E-state index contributed by atoms with van der Waals surface area (Å²) in [4.78, 5) is 36.6. The van der Waals surface area contributed by atoms with Gasteiger partial charge in [0.15, 0.2) is 23.3 Å². The van der Waals surface area contributed by atoms with Gasteiger partial charge in [-0.25, -0.2) is 27.2 Å². The van der Waals surface area contributed by atoms with E-state index in [0.717, 1.165) is 24.3 Å². The topological polar surface area (TPSA) is 108 Å². The first kappa shape index (κ1) is 33.7. The molecule has 4 aromatic rings. The van der Waals surface area contributed by atoms with Crippen LogP contribution in [-0.2, 0) is 20.8 Å². The van der Waals surface area contributed by atoms with E-state index in [0.29, 0.717) is 47.8 Å². The van der Waals surface area contributed by atoms with Crippen molar-refractivity contribution in [1.82, 2.24) is 25.1 Å². The fourth-order valence-electron chi connectivity index (χ4n) is 5.61. The van der Waals surface area contributed by atoms with Crippen molar-refractivity contribution in [3.63, 3.8) is 0 Å². The van der Waals surface area contributed by atoms with Gasteiger partial charge in [-0.2, -0.15) is 10.2 Å². The van der Waals surface area contributed by atoms with Crippen molar-refractivity contribution in [2.75, 3.05) is 41.0 Å². The summed E-state index contributed by atoms with van der Waals surface area (Å²) in [5.74, 6) is -5.20. The highest BCUT2D eigenvalue weighted by Gasteiger charge is 2.37. The molecule has 0 bridgehead atoms. The summed E-state index contributed by atoms with van der Waals surface area (Å²) in [6.45, 7) is 2.79. The number of amides is 1. The molecular weight excluding hydrogens is 622 g/mol. The molecule has 0 radical (unpaired) electrons. The van der Waals surface area contributed by atoms with Crippen LogP contribution in [0, 0.1) is 36.1 Å². The number of ketones is 1. The van der Waals surface area contributed by atoms with Crippen LogP contribution in [0.15, 0.2) is 48.7 Å². The molecule has 0 unspecified atom stereocenters. The molecule has 2 atom stereocenters. The SMILES string of the molecule is CNC(=O)c1cc(-c2nn(-c3ccc(F)c(F)c3)c(CC(=O)C[C@@H]3CN(CCOC)O[C@H]3c3ccc(F)c(F)c3)c2C)cnc1OC. The third kappa shape index (κ3) is 7.19. The van der Waals surface area contributed by atoms with Crippen LogP contribution in [0.2, 0.25) is 0 Å². The third-order valence-electron chi connectivity index (χ3n) is 7.98. The number of hydrogen-bond acceptors (Lipinski definition) is 8. The predicted molar refractivity (Wildman–Crippen MR) is 162 cm³/mol. The van der Waals surface area contributed by atoms with Gasteiger partial charge in [0.05, 0.1) is 30.8 Å². The number of benzene rings is 2. The zero-order valence-electron chi connectivity index (χ0n) is 26.2. The number of aromatic nitrogens is 3. The smallest absolute Gasteiger partial charge is 0.256 e. The molecule has 1 saturated heterocycles. The van der Waals surface area contributed by atoms with Gasteiger partial charge in [0.1, 0.15) is 17.5 Å². The average molecular weight is 656 g/mol. The van der Waals surface area contributed by atoms with Gasteiger partial charge in [-0.15, -0.1) is 0 Å². The van der Waals surface area contributed by atoms with Gasteiger partial charge in [-0.3, -0.25) is 14.4 Å². The molecule has 1 aliphatic heterocycles. The summed E-state index contributed by atoms with van der Waals surface area (Å²) in [6, 6.07) is 8.30. The number of halogens is 4. The number of nitrogens with one attached hydrogen (secondary N) is 1. The zero-order chi connectivity index (χ0) is 33.8. The molecule has 0 spiro atoms. The number of nitrogens with zero attached hydrogens (tertiary/aromatic N) is 4. The highest BCUT2D eigenvalue weighted by molar-refractivity contribution is 5.97. The summed E-state index contributed by atoms with van der Waals surface area (Å²) in [5.41, 5.74) is 2.41. The van der Waals surface area contributed by atoms with Gasteiger partial charge in [-0.05, 0) is 48.4 Å². The van der Waals surface area contributed by atoms with E-state index in [1.54, 1.807) is 12.0 Å². The Morgan fingerprint density at radius 3 is 2.40 bits per heavy atom. The van der Waals surface area contributed by atoms with Crippen molar-refractivity contribution in [3.8, 4) is 22.8 Å². The van der Waals surface area contributed by atoms with E-state index in [1.807, 2.05) is 0 Å². The second kappa shape index (κ2) is 14.4. The fraction of sp³-hybridized carbons (Fsp3) is 0.333. The van der Waals surface area contributed by atoms with Gasteiger partial charge in [0, 0.05) is 63.8 Å². The third-order valence-corrected chi connectivity index (χ3v) is 7.98. The van der Waals surface area contributed by atoms with Crippen LogP contribution < -0.4 is 10.1 Å². The van der Waals surface area contributed by atoms with Crippen molar-refractivity contribution < 1.29 is 41.5 Å². The number of ether oxygens (including phenoxy) is 2. The van der Waals surface area contributed by atoms with Crippen LogP contribution in [0.4, 0.5) is 17.6 Å². The van der Waals surface area contributed by atoms with E-state index >= 15 is 0 Å². The normalized spacial score (nSPS) is 16.4. The monoisotopic (exact) mass is 655 g/mol. The first-order valence-electron chi connectivity index (χ1n) is 14.7. The number of hydrogen-bond donors (Lipinski definition) is 1. The highest BCUT2D eigenvalue weighted by Crippen LogP contribution is 2.37. The average Bonchev–Trinajstić information content (AvgIpc) is 3.61. The maximum atomic E-state index is 14.4. The van der Waals surface area contributed by atoms with Gasteiger partial charge in [-0.1, -0.05) is 6.07 Å². The second-order valence-corrected chi connectivity index (χ2v) is 11.1. The standard InChI is InChI=1S/C33H33F4N5O5/c1-18-29(15-23(43)11-21-17-41(9-10-45-3)47-31(21)19-5-7-25(34)27(36)13-19)42(22-6-8-26(35)28(37)14-22)40-30(18)20-12-24(32(44)38-2)33(46-4)39-16-20/h5-8,12-14,16,21,31H,9-11,15,17H2,1-4H3,(H,38,44)/t21-,31+/m1/s1. The van der Waals surface area contributed by atoms with E-state index in [9.17, 15) is 27.2 Å². The number of carbonyl (C=O) groups excluding carboxylic acids is 2. The van der Waals surface area contributed by atoms with Crippen LogP contribution in [-0.4, -0.2) is 72.5 Å². The summed E-state index contributed by atoms with van der Waals surface area (Å²) >= 11 is 0. The van der Waals surface area contributed by atoms with Crippen LogP contribution in [0.3, 0.4) is 0 Å². The van der Waals surface area contributed by atoms with E-state index in [-0.39, 0.29) is 35.8 Å². The van der Waals surface area contributed by atoms with Crippen molar-refractivity contribution in [2.24, 2.45) is 5.92 Å². The Balaban J connectivity index is 1.50. The lowest BCUT2D eigenvalue weighted by molar-refractivity contribution is -0.155. The Hall–Kier alpha value is -4.66. The molecule has 1 N–H and O–H groups in total. The number of hydroxylamine groups is 2. The lowest BCUT2D eigenvalue weighted by Crippen LogP contribution is -2.24. The fourth-order valence-corrected chi connectivity index (χ4v) is 5.61. The highest BCUT2D eigenvalue weighted by atomic mass is 19.2. The van der Waals surface area contributed by atoms with Gasteiger partial charge in [0.2, 0.25) is 5.88 Å². The van der Waals surface area contributed by atoms with Crippen LogP contribution >= 0.6 is 0 Å². The Morgan fingerprint density at radius 1 is 1.02 bits per heavy atom. The largest absolute Gasteiger partial charge is 0.480 e. The molecule has 10 nitrogen and oxygen atoms in total. The molecule has 2 aromatic heterocycles. The summed E-state index contributed by atoms with van der Waals surface area (Å²) in [5, 5.41) is 8.81. The molecule has 47 heavy (non-hydrogen) atoms. The van der Waals surface area contributed by atoms with Gasteiger partial charge >= 0.3 is 0 Å². The molecule has 5 rings (SSSR count). The molecule has 14 heteroatoms. The van der Waals surface area contributed by atoms with E-state index < -0.39 is 41.2 Å². The Kier molecular flexibility index (Phi) is 10.3. The van der Waals surface area contributed by atoms with Crippen molar-refractivity contribution in [2.45, 2.75) is 25.9 Å². The van der Waals surface area contributed by atoms with Gasteiger partial charge in [0.25, 0.3) is 5.91 Å². The summed E-state index contributed by atoms with van der Waals surface area (Å²) < 4.78 is 67.9. The molecule has 1 fully saturated rings. The molecular formula is C33H33F4N5O5. The lowest BCUT2D eigenvalue weighted by Gasteiger charge is -2.18. The van der Waals surface area contributed by atoms with Crippen molar-refractivity contribution in [1.29, 1.82) is 0 Å². The number of methoxy groups -OCH3 is 2. The molecule has 1 aliphatic rings. The van der Waals surface area contributed by atoms with E-state index in [4.69, 9.17) is 14.3 Å². The minimum Gasteiger partial charge on any atom is -0.480 e. The maximum absolute atomic E-state index is 14.4. The van der Waals surface area contributed by atoms with Gasteiger partial charge < -0.3 is 14.8 Å². The minimum atomic E-state index is -1.10. The summed E-state index contributed by atoms with van der Waals surface area (Å²) in [7, 11) is 4.38. The zero-order valence-corrected chi connectivity index (χ0v) is 26.2. The summed E-state index contributed by atoms with van der Waals surface area (Å²) in [6.07, 6.45) is 0.559. The van der Waals surface area contributed by atoms with Crippen molar-refractivity contribution >= 4 is 11.7 Å². The molecule has 1 amide bonds. The Bertz CT molecular complexity index is 1800. The number of Topliss-reactive ketones (excluding diaryl/α,β-unsaturated/α-hetero) is 1. The first-order chi connectivity index (χ1) is 22.5.